The van der Waals surface area contributed by atoms with Crippen molar-refractivity contribution >= 4 is 10.0 Å². The minimum Gasteiger partial charge on any atom is -0.330 e. The Kier molecular flexibility index (Phi) is 4.28. The zero-order valence-corrected chi connectivity index (χ0v) is 12.4. The van der Waals surface area contributed by atoms with Gasteiger partial charge in [-0.1, -0.05) is 13.0 Å². The molecule has 0 saturated heterocycles. The summed E-state index contributed by atoms with van der Waals surface area (Å²) in [5.41, 5.74) is 8.03. The summed E-state index contributed by atoms with van der Waals surface area (Å²) in [6.07, 6.45) is 3.18. The molecule has 0 fully saturated rings. The molecule has 0 aliphatic heterocycles. The van der Waals surface area contributed by atoms with Crippen molar-refractivity contribution in [2.45, 2.75) is 31.1 Å². The van der Waals surface area contributed by atoms with Gasteiger partial charge in [-0.15, -0.1) is 0 Å². The van der Waals surface area contributed by atoms with Gasteiger partial charge >= 0.3 is 0 Å². The average Bonchev–Trinajstić information content (AvgIpc) is 2.85. The Bertz CT molecular complexity index is 555. The lowest BCUT2D eigenvalue weighted by molar-refractivity contribution is 0.405. The molecule has 4 nitrogen and oxygen atoms in total. The third-order valence-corrected chi connectivity index (χ3v) is 5.57. The Labute approximate surface area is 115 Å². The summed E-state index contributed by atoms with van der Waals surface area (Å²) in [7, 11) is -1.77. The number of nitrogens with two attached hydrogens (primary N) is 1. The predicted octanol–water partition coefficient (Wildman–Crippen LogP) is 1.39. The zero-order chi connectivity index (χ0) is 14.0. The van der Waals surface area contributed by atoms with Gasteiger partial charge in [-0.2, -0.15) is 0 Å². The maximum Gasteiger partial charge on any atom is 0.242 e. The first-order valence-corrected chi connectivity index (χ1v) is 8.17. The van der Waals surface area contributed by atoms with Crippen molar-refractivity contribution in [3.8, 4) is 0 Å². The third kappa shape index (κ3) is 2.99. The average molecular weight is 282 g/mol. The van der Waals surface area contributed by atoms with E-state index in [1.165, 1.54) is 15.4 Å². The van der Waals surface area contributed by atoms with Crippen molar-refractivity contribution < 1.29 is 8.42 Å². The molecule has 106 valence electrons. The van der Waals surface area contributed by atoms with Gasteiger partial charge in [-0.3, -0.25) is 0 Å². The molecule has 0 spiro atoms. The van der Waals surface area contributed by atoms with Crippen LogP contribution in [0.4, 0.5) is 0 Å². The first-order valence-electron chi connectivity index (χ1n) is 6.73. The second kappa shape index (κ2) is 5.61. The largest absolute Gasteiger partial charge is 0.330 e. The molecule has 2 N–H and O–H groups in total. The third-order valence-electron chi connectivity index (χ3n) is 3.75. The van der Waals surface area contributed by atoms with Crippen LogP contribution in [0.5, 0.6) is 0 Å². The number of fused-ring (bicyclic) bond motifs is 1. The second-order valence-corrected chi connectivity index (χ2v) is 7.46. The van der Waals surface area contributed by atoms with Gasteiger partial charge in [0.2, 0.25) is 10.0 Å². The molecule has 1 aromatic rings. The molecule has 0 bridgehead atoms. The molecule has 1 aliphatic rings. The first-order chi connectivity index (χ1) is 8.95. The number of rotatable bonds is 5. The lowest BCUT2D eigenvalue weighted by atomic mass is 10.1. The molecule has 0 radical (unpaired) electrons. The monoisotopic (exact) mass is 282 g/mol. The number of aryl methyl sites for hydroxylation is 2. The van der Waals surface area contributed by atoms with Crippen LogP contribution in [0, 0.1) is 5.92 Å². The van der Waals surface area contributed by atoms with Gasteiger partial charge in [0.15, 0.2) is 0 Å². The van der Waals surface area contributed by atoms with E-state index in [9.17, 15) is 8.42 Å². The molecule has 1 aliphatic carbocycles. The Hall–Kier alpha value is -0.910. The Balaban J connectivity index is 2.24. The number of benzene rings is 1. The van der Waals surface area contributed by atoms with Crippen molar-refractivity contribution in [2.75, 3.05) is 20.1 Å². The molecular weight excluding hydrogens is 260 g/mol. The molecule has 0 aromatic heterocycles. The van der Waals surface area contributed by atoms with Crippen molar-refractivity contribution in [3.05, 3.63) is 29.3 Å². The molecule has 1 atom stereocenters. The normalized spacial score (nSPS) is 16.6. The Morgan fingerprint density at radius 3 is 2.68 bits per heavy atom. The highest BCUT2D eigenvalue weighted by Crippen LogP contribution is 2.26. The van der Waals surface area contributed by atoms with Gasteiger partial charge in [-0.25, -0.2) is 12.7 Å². The van der Waals surface area contributed by atoms with Crippen LogP contribution in [-0.2, 0) is 22.9 Å². The second-order valence-electron chi connectivity index (χ2n) is 5.41. The molecule has 19 heavy (non-hydrogen) atoms. The van der Waals surface area contributed by atoms with Gasteiger partial charge in [0.1, 0.15) is 0 Å². The highest BCUT2D eigenvalue weighted by atomic mass is 32.2. The van der Waals surface area contributed by atoms with E-state index in [0.717, 1.165) is 19.3 Å². The van der Waals surface area contributed by atoms with Crippen LogP contribution >= 0.6 is 0 Å². The summed E-state index contributed by atoms with van der Waals surface area (Å²) in [4.78, 5) is 0.403. The number of hydrogen-bond donors (Lipinski definition) is 1. The summed E-state index contributed by atoms with van der Waals surface area (Å²) < 4.78 is 26.3. The van der Waals surface area contributed by atoms with E-state index in [4.69, 9.17) is 5.73 Å². The topological polar surface area (TPSA) is 63.4 Å². The molecule has 0 saturated carbocycles. The molecule has 1 aromatic carbocycles. The smallest absolute Gasteiger partial charge is 0.242 e. The van der Waals surface area contributed by atoms with Crippen LogP contribution < -0.4 is 5.73 Å². The minimum absolute atomic E-state index is 0.161. The fraction of sp³-hybridized carbons (Fsp3) is 0.571. The summed E-state index contributed by atoms with van der Waals surface area (Å²) in [6, 6.07) is 5.51. The summed E-state index contributed by atoms with van der Waals surface area (Å²) in [5, 5.41) is 0. The fourth-order valence-electron chi connectivity index (χ4n) is 2.50. The Morgan fingerprint density at radius 1 is 1.32 bits per heavy atom. The van der Waals surface area contributed by atoms with E-state index in [0.29, 0.717) is 18.0 Å². The first kappa shape index (κ1) is 14.5. The lowest BCUT2D eigenvalue weighted by Crippen LogP contribution is -2.33. The molecule has 1 unspecified atom stereocenters. The van der Waals surface area contributed by atoms with Crippen LogP contribution in [0.15, 0.2) is 23.1 Å². The van der Waals surface area contributed by atoms with Crippen LogP contribution in [0.2, 0.25) is 0 Å². The highest BCUT2D eigenvalue weighted by Gasteiger charge is 2.23. The standard InChI is InChI=1S/C14H22N2O2S/c1-11(9-15)10-16(2)19(17,18)14-7-6-12-4-3-5-13(12)8-14/h6-8,11H,3-5,9-10,15H2,1-2H3. The SMILES string of the molecule is CC(CN)CN(C)S(=O)(=O)c1ccc2c(c1)CCC2. The van der Waals surface area contributed by atoms with E-state index in [2.05, 4.69) is 0 Å². The quantitative estimate of drug-likeness (QED) is 0.887. The van der Waals surface area contributed by atoms with Crippen LogP contribution in [-0.4, -0.2) is 32.9 Å². The van der Waals surface area contributed by atoms with Gasteiger partial charge < -0.3 is 5.73 Å². The molecule has 2 rings (SSSR count). The van der Waals surface area contributed by atoms with E-state index < -0.39 is 10.0 Å². The van der Waals surface area contributed by atoms with Crippen LogP contribution in [0.1, 0.15) is 24.5 Å². The lowest BCUT2D eigenvalue weighted by Gasteiger charge is -2.20. The van der Waals surface area contributed by atoms with Crippen molar-refractivity contribution in [1.82, 2.24) is 4.31 Å². The number of nitrogens with zero attached hydrogens (tertiary/aromatic N) is 1. The van der Waals surface area contributed by atoms with Gasteiger partial charge in [0.25, 0.3) is 0 Å². The van der Waals surface area contributed by atoms with E-state index >= 15 is 0 Å². The fourth-order valence-corrected chi connectivity index (χ4v) is 3.84. The van der Waals surface area contributed by atoms with E-state index in [1.54, 1.807) is 13.1 Å². The summed E-state index contributed by atoms with van der Waals surface area (Å²) >= 11 is 0. The maximum absolute atomic E-state index is 12.5. The Morgan fingerprint density at radius 2 is 2.00 bits per heavy atom. The highest BCUT2D eigenvalue weighted by molar-refractivity contribution is 7.89. The molecule has 0 heterocycles. The van der Waals surface area contributed by atoms with E-state index in [1.807, 2.05) is 19.1 Å². The number of sulfonamides is 1. The van der Waals surface area contributed by atoms with Crippen LogP contribution in [0.3, 0.4) is 0 Å². The summed E-state index contributed by atoms with van der Waals surface area (Å²) in [6.45, 7) is 2.90. The maximum atomic E-state index is 12.5. The van der Waals surface area contributed by atoms with Gasteiger partial charge in [0, 0.05) is 13.6 Å². The van der Waals surface area contributed by atoms with Crippen molar-refractivity contribution in [2.24, 2.45) is 11.7 Å². The van der Waals surface area contributed by atoms with E-state index in [-0.39, 0.29) is 5.92 Å². The van der Waals surface area contributed by atoms with Gasteiger partial charge in [-0.05, 0) is 55.0 Å². The van der Waals surface area contributed by atoms with Gasteiger partial charge in [0.05, 0.1) is 4.90 Å². The minimum atomic E-state index is -3.39. The zero-order valence-electron chi connectivity index (χ0n) is 11.6. The molecule has 5 heteroatoms. The summed E-state index contributed by atoms with van der Waals surface area (Å²) in [5.74, 6) is 0.161. The predicted molar refractivity (Wildman–Crippen MR) is 76.5 cm³/mol. The molecule has 0 amide bonds. The molecular formula is C14H22N2O2S. The number of hydrogen-bond acceptors (Lipinski definition) is 3. The van der Waals surface area contributed by atoms with Crippen LogP contribution in [0.25, 0.3) is 0 Å². The van der Waals surface area contributed by atoms with Crippen molar-refractivity contribution in [3.63, 3.8) is 0 Å². The van der Waals surface area contributed by atoms with Crippen molar-refractivity contribution in [1.29, 1.82) is 0 Å².